The zero-order valence-corrected chi connectivity index (χ0v) is 22.2. The second kappa shape index (κ2) is 15.8. The number of halogens is 1. The number of ether oxygens (including phenoxy) is 3. The van der Waals surface area contributed by atoms with Gasteiger partial charge >= 0.3 is 12.1 Å². The van der Waals surface area contributed by atoms with E-state index in [1.165, 1.54) is 7.11 Å². The van der Waals surface area contributed by atoms with Gasteiger partial charge in [-0.2, -0.15) is 0 Å². The Balaban J connectivity index is 1.94. The molecule has 1 aromatic rings. The van der Waals surface area contributed by atoms with Crippen LogP contribution in [0.5, 0.6) is 0 Å². The van der Waals surface area contributed by atoms with Crippen LogP contribution in [-0.2, 0) is 14.2 Å². The number of benzene rings is 1. The molecule has 198 valence electrons. The number of carbonyl (C=O) groups is 2. The summed E-state index contributed by atoms with van der Waals surface area (Å²) in [5, 5.41) is 9.61. The van der Waals surface area contributed by atoms with Crippen molar-refractivity contribution in [1.82, 2.24) is 20.9 Å². The lowest BCUT2D eigenvalue weighted by molar-refractivity contribution is 0.0433. The lowest BCUT2D eigenvalue weighted by atomic mass is 9.92. The number of rotatable bonds is 13. The van der Waals surface area contributed by atoms with Gasteiger partial charge in [-0.15, -0.1) is 0 Å². The normalized spacial score (nSPS) is 15.8. The topological polar surface area (TPSA) is 101 Å². The third-order valence-corrected chi connectivity index (χ3v) is 6.51. The van der Waals surface area contributed by atoms with Gasteiger partial charge in [0.1, 0.15) is 0 Å². The first-order chi connectivity index (χ1) is 16.8. The van der Waals surface area contributed by atoms with Crippen molar-refractivity contribution in [2.75, 3.05) is 60.7 Å². The predicted octanol–water partition coefficient (Wildman–Crippen LogP) is 3.50. The van der Waals surface area contributed by atoms with Crippen LogP contribution in [0.15, 0.2) is 18.2 Å². The average Bonchev–Trinajstić information content (AvgIpc) is 2.85. The lowest BCUT2D eigenvalue weighted by Crippen LogP contribution is -2.48. The minimum Gasteiger partial charge on any atom is -0.453 e. The number of nitrogens with one attached hydrogen (secondary N) is 3. The molecular weight excluding hydrogens is 472 g/mol. The first-order valence-corrected chi connectivity index (χ1v) is 12.6. The van der Waals surface area contributed by atoms with Crippen molar-refractivity contribution in [1.29, 1.82) is 0 Å². The summed E-state index contributed by atoms with van der Waals surface area (Å²) in [6, 6.07) is 5.65. The van der Waals surface area contributed by atoms with Crippen LogP contribution in [0.4, 0.5) is 9.59 Å². The van der Waals surface area contributed by atoms with E-state index in [9.17, 15) is 9.59 Å². The lowest BCUT2D eigenvalue weighted by Gasteiger charge is -2.29. The van der Waals surface area contributed by atoms with Gasteiger partial charge in [0.2, 0.25) is 0 Å². The van der Waals surface area contributed by atoms with Crippen molar-refractivity contribution in [3.63, 3.8) is 0 Å². The first-order valence-electron chi connectivity index (χ1n) is 12.3. The van der Waals surface area contributed by atoms with Crippen LogP contribution in [0.25, 0.3) is 0 Å². The summed E-state index contributed by atoms with van der Waals surface area (Å²) in [6.07, 6.45) is 2.81. The highest BCUT2D eigenvalue weighted by molar-refractivity contribution is 6.30. The highest BCUT2D eigenvalue weighted by Gasteiger charge is 2.23. The fourth-order valence-electron chi connectivity index (χ4n) is 4.23. The zero-order valence-electron chi connectivity index (χ0n) is 21.4. The maximum Gasteiger partial charge on any atom is 0.406 e. The van der Waals surface area contributed by atoms with E-state index < -0.39 is 6.09 Å². The molecule has 0 aromatic heterocycles. The van der Waals surface area contributed by atoms with Gasteiger partial charge < -0.3 is 35.1 Å². The van der Waals surface area contributed by atoms with Crippen molar-refractivity contribution in [2.24, 2.45) is 5.92 Å². The zero-order chi connectivity index (χ0) is 25.6. The van der Waals surface area contributed by atoms with Gasteiger partial charge in [-0.1, -0.05) is 17.7 Å². The summed E-state index contributed by atoms with van der Waals surface area (Å²) in [5.74, 6) is 0.565. The summed E-state index contributed by atoms with van der Waals surface area (Å²) < 4.78 is 16.2. The van der Waals surface area contributed by atoms with E-state index in [2.05, 4.69) is 20.7 Å². The second-order valence-electron chi connectivity index (χ2n) is 8.98. The maximum atomic E-state index is 12.9. The molecule has 10 heteroatoms. The molecule has 9 nitrogen and oxygen atoms in total. The molecule has 0 unspecified atom stereocenters. The molecule has 1 aliphatic heterocycles. The largest absolute Gasteiger partial charge is 0.453 e. The average molecular weight is 513 g/mol. The van der Waals surface area contributed by atoms with Crippen LogP contribution in [-0.4, -0.2) is 83.7 Å². The van der Waals surface area contributed by atoms with Crippen molar-refractivity contribution in [3.8, 4) is 0 Å². The van der Waals surface area contributed by atoms with E-state index >= 15 is 0 Å². The molecule has 1 fully saturated rings. The van der Waals surface area contributed by atoms with E-state index in [0.717, 1.165) is 50.1 Å². The number of carbonyl (C=O) groups excluding carboxylic acids is 2. The monoisotopic (exact) mass is 512 g/mol. The third-order valence-electron chi connectivity index (χ3n) is 6.27. The standard InChI is InChI=1S/C25H41ClN4O5/c1-18-5-6-20(26)16-22(18)23(35-14-10-28-25(32)33-4)7-11-30(3)24(31)29-21(17-27-2)15-19-8-12-34-13-9-19/h5-6,16,19,21,23,27H,7-15,17H2,1-4H3,(H,28,32)(H,29,31)/t21-,23+/m0/s1. The van der Waals surface area contributed by atoms with Gasteiger partial charge in [0, 0.05) is 51.0 Å². The van der Waals surface area contributed by atoms with E-state index in [0.29, 0.717) is 37.1 Å². The summed E-state index contributed by atoms with van der Waals surface area (Å²) in [6.45, 7) is 5.43. The Labute approximate surface area is 214 Å². The van der Waals surface area contributed by atoms with Crippen LogP contribution in [0.3, 0.4) is 0 Å². The number of hydrogen-bond acceptors (Lipinski definition) is 6. The molecule has 2 rings (SSSR count). The predicted molar refractivity (Wildman–Crippen MR) is 137 cm³/mol. The van der Waals surface area contributed by atoms with Crippen LogP contribution in [0, 0.1) is 12.8 Å². The summed E-state index contributed by atoms with van der Waals surface area (Å²) in [4.78, 5) is 25.9. The third kappa shape index (κ3) is 10.6. The summed E-state index contributed by atoms with van der Waals surface area (Å²) in [5.41, 5.74) is 2.02. The van der Waals surface area contributed by atoms with Gasteiger partial charge in [-0.3, -0.25) is 0 Å². The van der Waals surface area contributed by atoms with E-state index in [4.69, 9.17) is 21.1 Å². The van der Waals surface area contributed by atoms with Crippen molar-refractivity contribution >= 4 is 23.7 Å². The molecule has 1 aromatic carbocycles. The minimum atomic E-state index is -0.502. The van der Waals surface area contributed by atoms with Crippen LogP contribution < -0.4 is 16.0 Å². The molecule has 0 spiro atoms. The van der Waals surface area contributed by atoms with Crippen LogP contribution in [0.1, 0.15) is 42.9 Å². The molecule has 3 N–H and O–H groups in total. The van der Waals surface area contributed by atoms with E-state index in [-0.39, 0.29) is 18.2 Å². The molecule has 1 aliphatic rings. The SMILES string of the molecule is CNC[C@H](CC1CCOCC1)NC(=O)N(C)CC[C@@H](OCCNC(=O)OC)c1cc(Cl)ccc1C. The molecule has 0 aliphatic carbocycles. The number of nitrogens with zero attached hydrogens (tertiary/aromatic N) is 1. The highest BCUT2D eigenvalue weighted by atomic mass is 35.5. The number of hydrogen-bond donors (Lipinski definition) is 3. The van der Waals surface area contributed by atoms with Crippen LogP contribution >= 0.6 is 11.6 Å². The Morgan fingerprint density at radius 2 is 2.03 bits per heavy atom. The maximum absolute atomic E-state index is 12.9. The first kappa shape index (κ1) is 29.2. The molecule has 2 atom stereocenters. The van der Waals surface area contributed by atoms with Crippen LogP contribution in [0.2, 0.25) is 5.02 Å². The smallest absolute Gasteiger partial charge is 0.406 e. The molecule has 3 amide bonds. The molecular formula is C25H41ClN4O5. The molecule has 0 saturated carbocycles. The Bertz CT molecular complexity index is 791. The molecule has 1 heterocycles. The Morgan fingerprint density at radius 1 is 1.29 bits per heavy atom. The minimum absolute atomic E-state index is 0.0599. The Hall–Kier alpha value is -2.07. The van der Waals surface area contributed by atoms with Crippen molar-refractivity contribution < 1.29 is 23.8 Å². The fraction of sp³-hybridized carbons (Fsp3) is 0.680. The number of aryl methyl sites for hydroxylation is 1. The summed E-state index contributed by atoms with van der Waals surface area (Å²) >= 11 is 6.25. The number of alkyl carbamates (subject to hydrolysis) is 1. The van der Waals surface area contributed by atoms with Gasteiger partial charge in [-0.05, 0) is 68.8 Å². The van der Waals surface area contributed by atoms with Crippen molar-refractivity contribution in [2.45, 2.75) is 44.8 Å². The highest BCUT2D eigenvalue weighted by Crippen LogP contribution is 2.27. The quantitative estimate of drug-likeness (QED) is 0.350. The molecule has 0 radical (unpaired) electrons. The van der Waals surface area contributed by atoms with Gasteiger partial charge in [0.05, 0.1) is 19.8 Å². The number of urea groups is 1. The van der Waals surface area contributed by atoms with Crippen molar-refractivity contribution in [3.05, 3.63) is 34.3 Å². The molecule has 1 saturated heterocycles. The van der Waals surface area contributed by atoms with Gasteiger partial charge in [0.15, 0.2) is 0 Å². The number of amides is 3. The van der Waals surface area contributed by atoms with E-state index in [1.807, 2.05) is 32.2 Å². The molecule has 35 heavy (non-hydrogen) atoms. The van der Waals surface area contributed by atoms with Gasteiger partial charge in [0.25, 0.3) is 0 Å². The molecule has 0 bridgehead atoms. The second-order valence-corrected chi connectivity index (χ2v) is 9.42. The van der Waals surface area contributed by atoms with E-state index in [1.54, 1.807) is 11.9 Å². The number of methoxy groups -OCH3 is 1. The summed E-state index contributed by atoms with van der Waals surface area (Å²) in [7, 11) is 5.01. The van der Waals surface area contributed by atoms with Gasteiger partial charge in [-0.25, -0.2) is 9.59 Å². The number of likely N-dealkylation sites (N-methyl/N-ethyl adjacent to an activating group) is 1. The fourth-order valence-corrected chi connectivity index (χ4v) is 4.42. The Kier molecular flexibility index (Phi) is 13.2. The Morgan fingerprint density at radius 3 is 2.71 bits per heavy atom.